The Kier molecular flexibility index (Phi) is 2.93. The summed E-state index contributed by atoms with van der Waals surface area (Å²) in [5, 5.41) is 23.0. The van der Waals surface area contributed by atoms with E-state index in [2.05, 4.69) is 9.46 Å². The molecule has 0 aromatic rings. The van der Waals surface area contributed by atoms with Crippen LogP contribution in [0.4, 0.5) is 4.79 Å². The van der Waals surface area contributed by atoms with E-state index in [0.717, 1.165) is 0 Å². The van der Waals surface area contributed by atoms with Crippen molar-refractivity contribution in [1.29, 1.82) is 0 Å². The predicted molar refractivity (Wildman–Crippen MR) is 20.8 cm³/mol. The maximum absolute atomic E-state index is 9.40. The van der Waals surface area contributed by atoms with Crippen molar-refractivity contribution >= 4 is 13.5 Å². The molecule has 0 aliphatic carbocycles. The molecule has 0 bridgehead atoms. The second-order valence-corrected chi connectivity index (χ2v) is 0.796. The number of carbonyl (C=O) groups is 1. The van der Waals surface area contributed by atoms with E-state index in [1.807, 2.05) is 0 Å². The van der Waals surface area contributed by atoms with E-state index in [4.69, 9.17) is 15.4 Å². The molecule has 0 atom stereocenters. The van der Waals surface area contributed by atoms with Crippen molar-refractivity contribution in [2.24, 2.45) is 0 Å². The van der Waals surface area contributed by atoms with E-state index in [0.29, 0.717) is 0 Å². The van der Waals surface area contributed by atoms with Crippen LogP contribution in [0.1, 0.15) is 0 Å². The van der Waals surface area contributed by atoms with Crippen LogP contribution in [0.5, 0.6) is 0 Å². The summed E-state index contributed by atoms with van der Waals surface area (Å²) in [6.45, 7) is 0. The zero-order chi connectivity index (χ0) is 6.57. The van der Waals surface area contributed by atoms with Crippen molar-refractivity contribution in [2.45, 2.75) is 0 Å². The highest BCUT2D eigenvalue weighted by molar-refractivity contribution is 6.36. The van der Waals surface area contributed by atoms with E-state index in [9.17, 15) is 4.79 Å². The molecule has 8 heavy (non-hydrogen) atoms. The van der Waals surface area contributed by atoms with Crippen molar-refractivity contribution in [3.05, 3.63) is 0 Å². The smallest absolute Gasteiger partial charge is 0.451 e. The van der Waals surface area contributed by atoms with Gasteiger partial charge in [-0.1, -0.05) is 0 Å². The molecule has 0 rings (SSSR count). The third-order valence-electron chi connectivity index (χ3n) is 0.292. The molecule has 0 saturated heterocycles. The van der Waals surface area contributed by atoms with Crippen molar-refractivity contribution < 1.29 is 29.6 Å². The number of rotatable bonds is 2. The van der Waals surface area contributed by atoms with Gasteiger partial charge < -0.3 is 14.8 Å². The fraction of sp³-hybridized carbons (Fsp3) is 0. The Morgan fingerprint density at radius 1 is 1.62 bits per heavy atom. The molecule has 7 heteroatoms. The lowest BCUT2D eigenvalue weighted by Gasteiger charge is -1.96. The third-order valence-corrected chi connectivity index (χ3v) is 0.292. The zero-order valence-corrected chi connectivity index (χ0v) is 3.64. The van der Waals surface area contributed by atoms with Crippen LogP contribution in [-0.4, -0.2) is 28.9 Å². The van der Waals surface area contributed by atoms with Gasteiger partial charge in [-0.25, -0.2) is 9.60 Å². The standard InChI is InChI=1S/CH3BO6/c3-1(4)7-2(5)8-6/h5-6H,(H,3,4). The molecule has 0 saturated carbocycles. The van der Waals surface area contributed by atoms with Gasteiger partial charge in [-0.2, -0.15) is 0 Å². The largest absolute Gasteiger partial charge is 0.743 e. The van der Waals surface area contributed by atoms with Gasteiger partial charge in [0.15, 0.2) is 0 Å². The lowest BCUT2D eigenvalue weighted by Crippen LogP contribution is -2.23. The number of carboxylic acid groups (broad SMARTS) is 1. The fourth-order valence-electron chi connectivity index (χ4n) is 0.108. The first-order chi connectivity index (χ1) is 3.66. The summed E-state index contributed by atoms with van der Waals surface area (Å²) in [7, 11) is -2.12. The van der Waals surface area contributed by atoms with Crippen molar-refractivity contribution in [1.82, 2.24) is 0 Å². The van der Waals surface area contributed by atoms with Crippen LogP contribution in [0.3, 0.4) is 0 Å². The van der Waals surface area contributed by atoms with Gasteiger partial charge in [-0.15, -0.1) is 0 Å². The van der Waals surface area contributed by atoms with E-state index in [-0.39, 0.29) is 0 Å². The van der Waals surface area contributed by atoms with Gasteiger partial charge >= 0.3 is 13.5 Å². The van der Waals surface area contributed by atoms with Crippen molar-refractivity contribution in [3.8, 4) is 0 Å². The zero-order valence-electron chi connectivity index (χ0n) is 3.64. The first-order valence-electron chi connectivity index (χ1n) is 1.54. The summed E-state index contributed by atoms with van der Waals surface area (Å²) >= 11 is 0. The summed E-state index contributed by atoms with van der Waals surface area (Å²) in [4.78, 5) is 12.4. The highest BCUT2D eigenvalue weighted by Crippen LogP contribution is 1.80. The van der Waals surface area contributed by atoms with Gasteiger partial charge in [0.2, 0.25) is 0 Å². The maximum Gasteiger partial charge on any atom is 0.743 e. The van der Waals surface area contributed by atoms with Crippen LogP contribution < -0.4 is 0 Å². The molecule has 0 aromatic carbocycles. The first kappa shape index (κ1) is 7.21. The summed E-state index contributed by atoms with van der Waals surface area (Å²) in [5.41, 5.74) is 0. The molecule has 0 aliphatic heterocycles. The topological polar surface area (TPSA) is 96.2 Å². The lowest BCUT2D eigenvalue weighted by molar-refractivity contribution is -0.174. The Labute approximate surface area is 44.4 Å². The molecule has 0 radical (unpaired) electrons. The minimum absolute atomic E-state index is 1.73. The van der Waals surface area contributed by atoms with Gasteiger partial charge in [0.25, 0.3) is 0 Å². The third kappa shape index (κ3) is 3.41. The van der Waals surface area contributed by atoms with Gasteiger partial charge in [0, 0.05) is 0 Å². The van der Waals surface area contributed by atoms with Crippen LogP contribution in [0.15, 0.2) is 0 Å². The van der Waals surface area contributed by atoms with Crippen LogP contribution in [0, 0.1) is 0 Å². The van der Waals surface area contributed by atoms with Gasteiger partial charge in [-0.3, -0.25) is 5.26 Å². The summed E-state index contributed by atoms with van der Waals surface area (Å²) in [5.74, 6) is 0. The minimum Gasteiger partial charge on any atom is -0.451 e. The second kappa shape index (κ2) is 3.25. The highest BCUT2D eigenvalue weighted by Gasteiger charge is 2.20. The van der Waals surface area contributed by atoms with Crippen LogP contribution in [0.2, 0.25) is 0 Å². The highest BCUT2D eigenvalue weighted by atomic mass is 17.1. The Hall–Kier alpha value is -0.785. The monoisotopic (exact) mass is 122 g/mol. The normalized spacial score (nSPS) is 8.25. The number of hydrogen-bond donors (Lipinski definition) is 3. The van der Waals surface area contributed by atoms with E-state index >= 15 is 0 Å². The molecule has 0 fully saturated rings. The molecule has 0 unspecified atom stereocenters. The molecular weight excluding hydrogens is 119 g/mol. The molecule has 0 amide bonds. The summed E-state index contributed by atoms with van der Waals surface area (Å²) < 4.78 is 3.40. The molecule has 46 valence electrons. The Morgan fingerprint density at radius 3 is 2.25 bits per heavy atom. The van der Waals surface area contributed by atoms with Crippen molar-refractivity contribution in [2.75, 3.05) is 0 Å². The van der Waals surface area contributed by atoms with E-state index < -0.39 is 13.5 Å². The quantitative estimate of drug-likeness (QED) is 0.250. The van der Waals surface area contributed by atoms with Gasteiger partial charge in [0.1, 0.15) is 0 Å². The molecule has 3 N–H and O–H groups in total. The first-order valence-corrected chi connectivity index (χ1v) is 1.54. The van der Waals surface area contributed by atoms with Crippen LogP contribution in [-0.2, 0) is 9.46 Å². The van der Waals surface area contributed by atoms with Gasteiger partial charge in [-0.05, 0) is 0 Å². The summed E-state index contributed by atoms with van der Waals surface area (Å²) in [6.07, 6.45) is -1.73. The molecule has 6 nitrogen and oxygen atoms in total. The average molecular weight is 122 g/mol. The fourth-order valence-corrected chi connectivity index (χ4v) is 0.108. The Morgan fingerprint density at radius 2 is 2.12 bits per heavy atom. The van der Waals surface area contributed by atoms with Gasteiger partial charge in [0.05, 0.1) is 0 Å². The summed E-state index contributed by atoms with van der Waals surface area (Å²) in [6, 6.07) is 0. The second-order valence-electron chi connectivity index (χ2n) is 0.796. The average Bonchev–Trinajstić information content (AvgIpc) is 1.65. The minimum atomic E-state index is -2.12. The van der Waals surface area contributed by atoms with Crippen LogP contribution >= 0.6 is 0 Å². The molecule has 0 heterocycles. The Bertz CT molecular complexity index is 80.6. The molecule has 0 aromatic heterocycles. The maximum atomic E-state index is 9.40. The molecule has 0 aliphatic rings. The Balaban J connectivity index is 3.24. The predicted octanol–water partition coefficient (Wildman–Crippen LogP) is -0.852. The van der Waals surface area contributed by atoms with Crippen LogP contribution in [0.25, 0.3) is 0 Å². The van der Waals surface area contributed by atoms with E-state index in [1.165, 1.54) is 0 Å². The SMILES string of the molecule is O=C(O)OB(O)OO. The lowest BCUT2D eigenvalue weighted by atomic mass is 10.3. The molecular formula is CH3BO6. The van der Waals surface area contributed by atoms with Crippen molar-refractivity contribution in [3.63, 3.8) is 0 Å². The number of hydrogen-bond acceptors (Lipinski definition) is 5. The molecule has 0 spiro atoms. The van der Waals surface area contributed by atoms with E-state index in [1.54, 1.807) is 0 Å².